The van der Waals surface area contributed by atoms with Crippen LogP contribution in [0, 0.1) is 11.3 Å². The first-order valence-corrected chi connectivity index (χ1v) is 2.95. The van der Waals surface area contributed by atoms with Crippen molar-refractivity contribution in [3.63, 3.8) is 0 Å². The zero-order chi connectivity index (χ0) is 8.43. The number of aromatic nitrogens is 1. The molecule has 56 valence electrons. The summed E-state index contributed by atoms with van der Waals surface area (Å²) in [6.07, 6.45) is 1.40. The lowest BCUT2D eigenvalue weighted by atomic mass is 10.3. The molecule has 1 heterocycles. The highest BCUT2D eigenvalue weighted by atomic mass is 16.4. The zero-order valence-corrected chi connectivity index (χ0v) is 5.90. The molecule has 0 saturated heterocycles. The summed E-state index contributed by atoms with van der Waals surface area (Å²) in [5.74, 6) is -1.01. The van der Waals surface area contributed by atoms with Crippen molar-refractivity contribution < 1.29 is 9.90 Å². The van der Waals surface area contributed by atoms with E-state index >= 15 is 0 Å². The number of nitriles is 1. The summed E-state index contributed by atoms with van der Waals surface area (Å²) in [5.41, 5.74) is 0.492. The molecule has 0 aliphatic carbocycles. The second kappa shape index (κ2) is 2.46. The maximum absolute atomic E-state index is 10.4. The first-order chi connectivity index (χ1) is 5.15. The van der Waals surface area contributed by atoms with Gasteiger partial charge >= 0.3 is 5.97 Å². The van der Waals surface area contributed by atoms with Gasteiger partial charge in [-0.1, -0.05) is 0 Å². The van der Waals surface area contributed by atoms with Gasteiger partial charge in [0.25, 0.3) is 0 Å². The van der Waals surface area contributed by atoms with Gasteiger partial charge in [0.2, 0.25) is 0 Å². The van der Waals surface area contributed by atoms with Gasteiger partial charge in [-0.15, -0.1) is 0 Å². The Labute approximate surface area is 63.3 Å². The molecular formula is C7H6N2O2. The average molecular weight is 150 g/mol. The molecule has 0 spiro atoms. The molecule has 1 rings (SSSR count). The van der Waals surface area contributed by atoms with Gasteiger partial charge in [-0.25, -0.2) is 4.79 Å². The van der Waals surface area contributed by atoms with E-state index in [1.54, 1.807) is 7.05 Å². The predicted octanol–water partition coefficient (Wildman–Crippen LogP) is 0.595. The largest absolute Gasteiger partial charge is 0.478 e. The van der Waals surface area contributed by atoms with Crippen molar-refractivity contribution in [2.75, 3.05) is 0 Å². The van der Waals surface area contributed by atoms with Gasteiger partial charge in [0.05, 0.1) is 5.56 Å². The maximum atomic E-state index is 10.4. The number of hydrogen-bond acceptors (Lipinski definition) is 2. The van der Waals surface area contributed by atoms with Crippen molar-refractivity contribution in [2.24, 2.45) is 7.05 Å². The van der Waals surface area contributed by atoms with Crippen LogP contribution in [0.15, 0.2) is 12.3 Å². The van der Waals surface area contributed by atoms with Crippen LogP contribution in [0.5, 0.6) is 0 Å². The van der Waals surface area contributed by atoms with Gasteiger partial charge in [-0.2, -0.15) is 5.26 Å². The van der Waals surface area contributed by atoms with Crippen LogP contribution in [0.4, 0.5) is 0 Å². The third-order valence-corrected chi connectivity index (χ3v) is 1.37. The highest BCUT2D eigenvalue weighted by Gasteiger charge is 2.07. The quantitative estimate of drug-likeness (QED) is 0.637. The molecule has 0 bridgehead atoms. The monoisotopic (exact) mass is 150 g/mol. The van der Waals surface area contributed by atoms with Crippen molar-refractivity contribution in [2.45, 2.75) is 0 Å². The van der Waals surface area contributed by atoms with E-state index in [4.69, 9.17) is 10.4 Å². The normalized spacial score (nSPS) is 9.09. The van der Waals surface area contributed by atoms with Crippen LogP contribution in [0.25, 0.3) is 0 Å². The van der Waals surface area contributed by atoms with Crippen LogP contribution in [0.1, 0.15) is 16.1 Å². The van der Waals surface area contributed by atoms with E-state index in [1.807, 2.05) is 6.07 Å². The number of rotatable bonds is 1. The summed E-state index contributed by atoms with van der Waals surface area (Å²) in [5, 5.41) is 16.9. The fraction of sp³-hybridized carbons (Fsp3) is 0.143. The second-order valence-corrected chi connectivity index (χ2v) is 2.14. The average Bonchev–Trinajstić information content (AvgIpc) is 2.31. The van der Waals surface area contributed by atoms with Crippen LogP contribution in [0.3, 0.4) is 0 Å². The Balaban J connectivity index is 3.18. The molecule has 11 heavy (non-hydrogen) atoms. The van der Waals surface area contributed by atoms with Gasteiger partial charge in [0.1, 0.15) is 11.8 Å². The third-order valence-electron chi connectivity index (χ3n) is 1.37. The lowest BCUT2D eigenvalue weighted by Crippen LogP contribution is -1.92. The number of nitrogens with zero attached hydrogens (tertiary/aromatic N) is 2. The van der Waals surface area contributed by atoms with Gasteiger partial charge < -0.3 is 9.67 Å². The predicted molar refractivity (Wildman–Crippen MR) is 37.1 cm³/mol. The minimum atomic E-state index is -1.01. The van der Waals surface area contributed by atoms with Crippen LogP contribution >= 0.6 is 0 Å². The minimum absolute atomic E-state index is 0.143. The standard InChI is InChI=1S/C7H6N2O2/c1-9-4-5(7(10)11)2-6(9)3-8/h2,4H,1H3,(H,10,11). The smallest absolute Gasteiger partial charge is 0.337 e. The Hall–Kier alpha value is -1.76. The van der Waals surface area contributed by atoms with E-state index in [-0.39, 0.29) is 5.56 Å². The van der Waals surface area contributed by atoms with Crippen molar-refractivity contribution in [3.8, 4) is 6.07 Å². The van der Waals surface area contributed by atoms with Crippen molar-refractivity contribution >= 4 is 5.97 Å². The summed E-state index contributed by atoms with van der Waals surface area (Å²) >= 11 is 0. The molecule has 0 radical (unpaired) electrons. The van der Waals surface area contributed by atoms with Gasteiger partial charge in [0, 0.05) is 13.2 Å². The molecule has 0 unspecified atom stereocenters. The number of carboxylic acids is 1. The van der Waals surface area contributed by atoms with Crippen LogP contribution in [-0.4, -0.2) is 15.6 Å². The lowest BCUT2D eigenvalue weighted by Gasteiger charge is -1.87. The first kappa shape index (κ1) is 7.35. The fourth-order valence-electron chi connectivity index (χ4n) is 0.793. The highest BCUT2D eigenvalue weighted by Crippen LogP contribution is 2.04. The van der Waals surface area contributed by atoms with E-state index in [1.165, 1.54) is 16.8 Å². The molecule has 0 aromatic carbocycles. The molecule has 1 N–H and O–H groups in total. The lowest BCUT2D eigenvalue weighted by molar-refractivity contribution is 0.0697. The highest BCUT2D eigenvalue weighted by molar-refractivity contribution is 5.87. The number of aromatic carboxylic acids is 1. The zero-order valence-electron chi connectivity index (χ0n) is 5.90. The topological polar surface area (TPSA) is 66.0 Å². The molecule has 0 saturated carbocycles. The minimum Gasteiger partial charge on any atom is -0.478 e. The Kier molecular flexibility index (Phi) is 1.65. The third kappa shape index (κ3) is 1.22. The maximum Gasteiger partial charge on any atom is 0.337 e. The van der Waals surface area contributed by atoms with E-state index in [0.29, 0.717) is 5.69 Å². The SMILES string of the molecule is Cn1cc(C(=O)O)cc1C#N. The number of carbonyl (C=O) groups is 1. The van der Waals surface area contributed by atoms with E-state index in [2.05, 4.69) is 0 Å². The summed E-state index contributed by atoms with van der Waals surface area (Å²) < 4.78 is 1.48. The van der Waals surface area contributed by atoms with Gasteiger partial charge in [-0.3, -0.25) is 0 Å². The van der Waals surface area contributed by atoms with Gasteiger partial charge in [0.15, 0.2) is 0 Å². The summed E-state index contributed by atoms with van der Waals surface area (Å²) in [6.45, 7) is 0. The Morgan fingerprint density at radius 2 is 2.45 bits per heavy atom. The Bertz CT molecular complexity index is 333. The van der Waals surface area contributed by atoms with Crippen molar-refractivity contribution in [1.82, 2.24) is 4.57 Å². The van der Waals surface area contributed by atoms with Gasteiger partial charge in [-0.05, 0) is 6.07 Å². The summed E-state index contributed by atoms with van der Waals surface area (Å²) in [4.78, 5) is 10.4. The van der Waals surface area contributed by atoms with Crippen LogP contribution in [-0.2, 0) is 7.05 Å². The molecule has 4 nitrogen and oxygen atoms in total. The Morgan fingerprint density at radius 3 is 2.73 bits per heavy atom. The number of carboxylic acid groups (broad SMARTS) is 1. The number of aryl methyl sites for hydroxylation is 1. The molecular weight excluding hydrogens is 144 g/mol. The van der Waals surface area contributed by atoms with Crippen LogP contribution < -0.4 is 0 Å². The molecule has 4 heteroatoms. The number of hydrogen-bond donors (Lipinski definition) is 1. The first-order valence-electron chi connectivity index (χ1n) is 2.95. The molecule has 0 aliphatic rings. The molecule has 0 atom stereocenters. The van der Waals surface area contributed by atoms with E-state index in [9.17, 15) is 4.79 Å². The molecule has 0 fully saturated rings. The fourth-order valence-corrected chi connectivity index (χ4v) is 0.793. The van der Waals surface area contributed by atoms with E-state index < -0.39 is 5.97 Å². The second-order valence-electron chi connectivity index (χ2n) is 2.14. The summed E-state index contributed by atoms with van der Waals surface area (Å²) in [6, 6.07) is 3.21. The Morgan fingerprint density at radius 1 is 1.82 bits per heavy atom. The van der Waals surface area contributed by atoms with Crippen LogP contribution in [0.2, 0.25) is 0 Å². The van der Waals surface area contributed by atoms with Crippen molar-refractivity contribution in [3.05, 3.63) is 23.5 Å². The molecule has 1 aromatic rings. The van der Waals surface area contributed by atoms with E-state index in [0.717, 1.165) is 0 Å². The molecule has 0 aliphatic heterocycles. The summed E-state index contributed by atoms with van der Waals surface area (Å²) in [7, 11) is 1.63. The van der Waals surface area contributed by atoms with Crippen molar-refractivity contribution in [1.29, 1.82) is 5.26 Å². The molecule has 1 aromatic heterocycles. The molecule has 0 amide bonds.